The number of para-hydroxylation sites is 2. The molecule has 7 rings (SSSR count). The van der Waals surface area contributed by atoms with E-state index >= 15 is 0 Å². The number of nitrogens with zero attached hydrogens (tertiary/aromatic N) is 4. The number of anilines is 2. The molecule has 0 aliphatic carbocycles. The van der Waals surface area contributed by atoms with Crippen molar-refractivity contribution in [1.29, 1.82) is 0 Å². The predicted octanol–water partition coefficient (Wildman–Crippen LogP) is 10.6. The van der Waals surface area contributed by atoms with Gasteiger partial charge in [0.25, 0.3) is 0 Å². The molecule has 0 amide bonds. The molecule has 1 aliphatic heterocycles. The number of hydrogen-bond donors (Lipinski definition) is 0. The first-order valence-electron chi connectivity index (χ1n) is 16.8. The molecule has 0 bridgehead atoms. The first-order valence-corrected chi connectivity index (χ1v) is 17.9. The molecule has 2 aromatic heterocycles. The van der Waals surface area contributed by atoms with E-state index in [1.807, 2.05) is 12.3 Å². The van der Waals surface area contributed by atoms with Crippen molar-refractivity contribution in [1.82, 2.24) is 14.1 Å². The van der Waals surface area contributed by atoms with Crippen LogP contribution in [0.2, 0.25) is 0 Å². The first kappa shape index (κ1) is 32.3. The first-order chi connectivity index (χ1) is 22.9. The molecule has 0 saturated heterocycles. The average molecular weight is 816 g/mol. The molecular weight excluding hydrogens is 772 g/mol. The van der Waals surface area contributed by atoms with Crippen molar-refractivity contribution in [3.8, 4) is 22.9 Å². The van der Waals surface area contributed by atoms with E-state index in [9.17, 15) is 0 Å². The fourth-order valence-electron chi connectivity index (χ4n) is 6.66. The van der Waals surface area contributed by atoms with E-state index in [1.165, 1.54) is 22.4 Å². The van der Waals surface area contributed by atoms with Crippen molar-refractivity contribution in [2.24, 2.45) is 5.92 Å². The third-order valence-electron chi connectivity index (χ3n) is 9.31. The maximum absolute atomic E-state index is 6.61. The average Bonchev–Trinajstić information content (AvgIpc) is 3.35. The number of pyridine rings is 1. The maximum atomic E-state index is 6.61. The Labute approximate surface area is 295 Å². The van der Waals surface area contributed by atoms with Crippen LogP contribution in [0, 0.1) is 9.72 Å². The van der Waals surface area contributed by atoms with Gasteiger partial charge < -0.3 is 0 Å². The van der Waals surface area contributed by atoms with Gasteiger partial charge in [0.05, 0.1) is 0 Å². The fraction of sp³-hybridized carbons (Fsp3) is 0.286. The molecule has 6 heteroatoms. The van der Waals surface area contributed by atoms with Crippen molar-refractivity contribution in [2.75, 3.05) is 11.4 Å². The summed E-state index contributed by atoms with van der Waals surface area (Å²) < 4.78 is 12.4. The molecule has 0 N–H and O–H groups in total. The summed E-state index contributed by atoms with van der Waals surface area (Å²) in [6, 6.07) is 36.8. The number of imidazole rings is 1. The molecule has 1 aliphatic rings. The van der Waals surface area contributed by atoms with Crippen LogP contribution in [0.1, 0.15) is 65.2 Å². The molecule has 1 unspecified atom stereocenters. The van der Waals surface area contributed by atoms with Crippen LogP contribution in [0.25, 0.3) is 22.4 Å². The molecule has 0 saturated carbocycles. The van der Waals surface area contributed by atoms with Gasteiger partial charge in [0, 0.05) is 6.20 Å². The predicted molar refractivity (Wildman–Crippen MR) is 194 cm³/mol. The topological polar surface area (TPSA) is 35.2 Å². The van der Waals surface area contributed by atoms with Gasteiger partial charge in [-0.2, -0.15) is 0 Å². The van der Waals surface area contributed by atoms with E-state index in [-0.39, 0.29) is 10.8 Å². The molecular formula is C42H44N4OPt. The molecule has 48 heavy (non-hydrogen) atoms. The molecule has 0 radical (unpaired) electrons. The number of rotatable bonds is 5. The molecule has 5 nitrogen and oxygen atoms in total. The standard InChI is InChI=1S/C42H44N4O.Pt/c1-29-23-30-15-20-36(26-39(30)44(27-29)40-24-32(21-22-43-40)42(5,6)7)47-35-12-10-11-34(25-35)46-28-45(37-13-8-9-14-38(37)46)33-18-16-31(17-19-33)41(2,3)4;/h8-22,24-26,29H,23,27H2,1-7H3;. The van der Waals surface area contributed by atoms with Crippen LogP contribution in [0.4, 0.5) is 11.5 Å². The minimum absolute atomic E-state index is 0.0525. The fourth-order valence-corrected chi connectivity index (χ4v) is 7.80. The van der Waals surface area contributed by atoms with Crippen molar-refractivity contribution in [3.63, 3.8) is 0 Å². The van der Waals surface area contributed by atoms with E-state index in [2.05, 4.69) is 179 Å². The van der Waals surface area contributed by atoms with Crippen molar-refractivity contribution in [2.45, 2.75) is 65.7 Å². The van der Waals surface area contributed by atoms with E-state index < -0.39 is 0 Å². The summed E-state index contributed by atoms with van der Waals surface area (Å²) in [5.41, 5.74) is 9.76. The van der Waals surface area contributed by atoms with Gasteiger partial charge in [-0.05, 0) is 17.0 Å². The molecule has 6 aromatic rings. The van der Waals surface area contributed by atoms with Crippen LogP contribution in [0.15, 0.2) is 109 Å². The number of hydrogen-bond acceptors (Lipinski definition) is 3. The van der Waals surface area contributed by atoms with Gasteiger partial charge in [-0.15, -0.1) is 0 Å². The molecule has 3 heterocycles. The Kier molecular flexibility index (Phi) is 8.32. The summed E-state index contributed by atoms with van der Waals surface area (Å²) in [5.74, 6) is 3.13. The van der Waals surface area contributed by atoms with Crippen molar-refractivity contribution >= 4 is 22.5 Å². The van der Waals surface area contributed by atoms with Crippen LogP contribution in [-0.2, 0) is 36.6 Å². The van der Waals surface area contributed by atoms with E-state index in [1.54, 1.807) is 0 Å². The monoisotopic (exact) mass is 815 g/mol. The molecule has 4 aromatic carbocycles. The van der Waals surface area contributed by atoms with Crippen LogP contribution >= 0.6 is 0 Å². The summed E-state index contributed by atoms with van der Waals surface area (Å²) in [6.45, 7) is 16.7. The summed E-state index contributed by atoms with van der Waals surface area (Å²) in [7, 11) is 0. The molecule has 1 atom stereocenters. The summed E-state index contributed by atoms with van der Waals surface area (Å²) in [5, 5.41) is 0. The second-order valence-electron chi connectivity index (χ2n) is 15.2. The van der Waals surface area contributed by atoms with Crippen molar-refractivity contribution in [3.05, 3.63) is 130 Å². The van der Waals surface area contributed by atoms with Crippen LogP contribution in [0.5, 0.6) is 11.5 Å². The normalized spacial score (nSPS) is 15.1. The molecule has 248 valence electrons. The Morgan fingerprint density at radius 2 is 1.35 bits per heavy atom. The van der Waals surface area contributed by atoms with Crippen LogP contribution < -0.4 is 9.64 Å². The van der Waals surface area contributed by atoms with Gasteiger partial charge in [0.2, 0.25) is 0 Å². The second kappa shape index (κ2) is 12.3. The molecule has 0 spiro atoms. The number of fused-ring (bicyclic) bond motifs is 2. The summed E-state index contributed by atoms with van der Waals surface area (Å²) >= 11 is 2.45. The van der Waals surface area contributed by atoms with Crippen LogP contribution in [-0.4, -0.2) is 20.7 Å². The van der Waals surface area contributed by atoms with Gasteiger partial charge in [-0.3, -0.25) is 0 Å². The van der Waals surface area contributed by atoms with E-state index in [0.29, 0.717) is 5.92 Å². The third kappa shape index (κ3) is 6.21. The Bertz CT molecular complexity index is 2180. The zero-order valence-corrected chi connectivity index (χ0v) is 31.2. The van der Waals surface area contributed by atoms with Gasteiger partial charge in [-0.25, -0.2) is 0 Å². The number of aromatic nitrogens is 3. The zero-order valence-electron chi connectivity index (χ0n) is 28.9. The van der Waals surface area contributed by atoms with Crippen molar-refractivity contribution < 1.29 is 24.1 Å². The summed E-state index contributed by atoms with van der Waals surface area (Å²) in [6.07, 6.45) is 2.98. The van der Waals surface area contributed by atoms with E-state index in [4.69, 9.17) is 9.72 Å². The Balaban J connectivity index is 1.24. The number of benzene rings is 4. The Morgan fingerprint density at radius 1 is 0.688 bits per heavy atom. The van der Waals surface area contributed by atoms with E-state index in [0.717, 1.165) is 56.5 Å². The second-order valence-corrected chi connectivity index (χ2v) is 16.2. The quantitative estimate of drug-likeness (QED) is 0.174. The third-order valence-corrected chi connectivity index (χ3v) is 10.3. The SMILES string of the molecule is CC1Cc2ccc(Oc3cccc(-n4[c](=[Pt])n(-c5ccc(C(C)(C)C)cc5)c5ccccc54)c3)cc2N(c2cc(C(C)(C)C)ccn2)C1. The van der Waals surface area contributed by atoms with Gasteiger partial charge in [-0.1, -0.05) is 27.7 Å². The van der Waals surface area contributed by atoms with Gasteiger partial charge in [0.15, 0.2) is 0 Å². The summed E-state index contributed by atoms with van der Waals surface area (Å²) in [4.78, 5) is 7.18. The van der Waals surface area contributed by atoms with Gasteiger partial charge >= 0.3 is 246 Å². The van der Waals surface area contributed by atoms with Crippen LogP contribution in [0.3, 0.4) is 0 Å². The number of ether oxygens (including phenoxy) is 1. The zero-order chi connectivity index (χ0) is 33.8. The Hall–Kier alpha value is -4.21. The van der Waals surface area contributed by atoms with Gasteiger partial charge in [0.1, 0.15) is 0 Å². The Morgan fingerprint density at radius 3 is 2.04 bits per heavy atom. The molecule has 0 fully saturated rings. The minimum atomic E-state index is 0.0525.